The van der Waals surface area contributed by atoms with Crippen LogP contribution in [0, 0.1) is 0 Å². The number of carbonyl (C=O) groups excluding carboxylic acids is 2. The zero-order valence-electron chi connectivity index (χ0n) is 12.9. The number of rotatable bonds is 3. The summed E-state index contributed by atoms with van der Waals surface area (Å²) in [7, 11) is 1.31. The summed E-state index contributed by atoms with van der Waals surface area (Å²) in [6.45, 7) is 1.33. The molecule has 6 nitrogen and oxygen atoms in total. The van der Waals surface area contributed by atoms with Gasteiger partial charge in [-0.3, -0.25) is 4.79 Å². The predicted molar refractivity (Wildman–Crippen MR) is 79.2 cm³/mol. The van der Waals surface area contributed by atoms with Gasteiger partial charge in [0.05, 0.1) is 7.11 Å². The number of methoxy groups -OCH3 is 1. The van der Waals surface area contributed by atoms with E-state index >= 15 is 0 Å². The monoisotopic (exact) mass is 318 g/mol. The van der Waals surface area contributed by atoms with Crippen molar-refractivity contribution in [3.8, 4) is 0 Å². The van der Waals surface area contributed by atoms with Gasteiger partial charge in [-0.2, -0.15) is 0 Å². The van der Waals surface area contributed by atoms with Gasteiger partial charge in [-0.1, -0.05) is 30.3 Å². The maximum Gasteiger partial charge on any atom is 0.333 e. The maximum atomic E-state index is 11.8. The number of carbonyl (C=O) groups is 2. The van der Waals surface area contributed by atoms with Crippen molar-refractivity contribution in [1.82, 2.24) is 0 Å². The molecule has 1 fully saturated rings. The first-order valence-corrected chi connectivity index (χ1v) is 7.40. The molecule has 0 amide bonds. The molecule has 1 aromatic carbocycles. The van der Waals surface area contributed by atoms with Crippen molar-refractivity contribution >= 4 is 11.9 Å². The number of hydrogen-bond acceptors (Lipinski definition) is 6. The van der Waals surface area contributed by atoms with Crippen molar-refractivity contribution in [1.29, 1.82) is 0 Å². The highest BCUT2D eigenvalue weighted by Crippen LogP contribution is 2.39. The predicted octanol–water partition coefficient (Wildman–Crippen LogP) is 1.90. The lowest BCUT2D eigenvalue weighted by molar-refractivity contribution is -0.156. The Morgan fingerprint density at radius 1 is 1.17 bits per heavy atom. The molecule has 1 aliphatic carbocycles. The van der Waals surface area contributed by atoms with Crippen molar-refractivity contribution in [2.75, 3.05) is 7.11 Å². The van der Waals surface area contributed by atoms with Crippen molar-refractivity contribution in [3.05, 3.63) is 47.5 Å². The van der Waals surface area contributed by atoms with Crippen LogP contribution in [0.25, 0.3) is 0 Å². The minimum absolute atomic E-state index is 0.248. The zero-order chi connectivity index (χ0) is 16.4. The van der Waals surface area contributed by atoms with Crippen molar-refractivity contribution in [2.24, 2.45) is 0 Å². The van der Waals surface area contributed by atoms with E-state index in [9.17, 15) is 9.59 Å². The van der Waals surface area contributed by atoms with Gasteiger partial charge in [0.1, 0.15) is 18.3 Å². The van der Waals surface area contributed by atoms with Gasteiger partial charge in [-0.15, -0.1) is 0 Å². The van der Waals surface area contributed by atoms with Crippen LogP contribution >= 0.6 is 0 Å². The molecule has 0 bridgehead atoms. The van der Waals surface area contributed by atoms with Crippen molar-refractivity contribution in [3.63, 3.8) is 0 Å². The highest BCUT2D eigenvalue weighted by molar-refractivity contribution is 5.89. The average molecular weight is 318 g/mol. The van der Waals surface area contributed by atoms with E-state index in [-0.39, 0.29) is 6.42 Å². The minimum atomic E-state index is -0.578. The lowest BCUT2D eigenvalue weighted by atomic mass is 9.92. The zero-order valence-corrected chi connectivity index (χ0v) is 12.9. The number of esters is 2. The van der Waals surface area contributed by atoms with Crippen LogP contribution in [0.15, 0.2) is 42.0 Å². The van der Waals surface area contributed by atoms with E-state index in [1.807, 2.05) is 30.3 Å². The van der Waals surface area contributed by atoms with E-state index in [1.165, 1.54) is 14.0 Å². The Labute approximate surface area is 134 Å². The number of ether oxygens (including phenoxy) is 4. The SMILES string of the molecule is COC(=O)C1=C[C@H]2O[C@@H](c3ccccc3)O[C@H]2[C@H](OC(C)=O)C1. The van der Waals surface area contributed by atoms with Crippen LogP contribution in [0.4, 0.5) is 0 Å². The van der Waals surface area contributed by atoms with E-state index in [4.69, 9.17) is 18.9 Å². The largest absolute Gasteiger partial charge is 0.466 e. The Morgan fingerprint density at radius 3 is 2.57 bits per heavy atom. The van der Waals surface area contributed by atoms with Crippen molar-refractivity contribution < 1.29 is 28.5 Å². The summed E-state index contributed by atoms with van der Waals surface area (Å²) in [5.41, 5.74) is 1.30. The number of hydrogen-bond donors (Lipinski definition) is 0. The molecule has 1 aromatic rings. The molecular weight excluding hydrogens is 300 g/mol. The Kier molecular flexibility index (Phi) is 4.45. The van der Waals surface area contributed by atoms with Crippen LogP contribution in [0.2, 0.25) is 0 Å². The number of fused-ring (bicyclic) bond motifs is 1. The maximum absolute atomic E-state index is 11.8. The van der Waals surface area contributed by atoms with Gasteiger partial charge < -0.3 is 18.9 Å². The molecule has 122 valence electrons. The van der Waals surface area contributed by atoms with Gasteiger partial charge in [0.2, 0.25) is 0 Å². The summed E-state index contributed by atoms with van der Waals surface area (Å²) in [5, 5.41) is 0. The van der Waals surface area contributed by atoms with Crippen molar-refractivity contribution in [2.45, 2.75) is 37.9 Å². The molecule has 0 unspecified atom stereocenters. The molecule has 1 heterocycles. The molecule has 23 heavy (non-hydrogen) atoms. The second-order valence-corrected chi connectivity index (χ2v) is 5.48. The molecule has 1 saturated heterocycles. The second-order valence-electron chi connectivity index (χ2n) is 5.48. The third kappa shape index (κ3) is 3.28. The topological polar surface area (TPSA) is 71.1 Å². The van der Waals surface area contributed by atoms with Gasteiger partial charge in [0.15, 0.2) is 6.29 Å². The van der Waals surface area contributed by atoms with Gasteiger partial charge in [-0.25, -0.2) is 4.79 Å². The Balaban J connectivity index is 1.85. The summed E-state index contributed by atoms with van der Waals surface area (Å²) in [4.78, 5) is 23.2. The summed E-state index contributed by atoms with van der Waals surface area (Å²) < 4.78 is 21.9. The summed E-state index contributed by atoms with van der Waals surface area (Å²) in [6, 6.07) is 9.48. The fourth-order valence-corrected chi connectivity index (χ4v) is 2.88. The Hall–Kier alpha value is -2.18. The van der Waals surface area contributed by atoms with Gasteiger partial charge in [0.25, 0.3) is 0 Å². The van der Waals surface area contributed by atoms with Crippen LogP contribution in [-0.2, 0) is 28.5 Å². The summed E-state index contributed by atoms with van der Waals surface area (Å²) >= 11 is 0. The number of benzene rings is 1. The van der Waals surface area contributed by atoms with E-state index in [1.54, 1.807) is 6.08 Å². The molecule has 0 spiro atoms. The lowest BCUT2D eigenvalue weighted by Crippen LogP contribution is -2.41. The van der Waals surface area contributed by atoms with Crippen LogP contribution in [0.5, 0.6) is 0 Å². The molecule has 6 heteroatoms. The summed E-state index contributed by atoms with van der Waals surface area (Å²) in [6.07, 6.45) is -0.106. The summed E-state index contributed by atoms with van der Waals surface area (Å²) in [5.74, 6) is -0.876. The van der Waals surface area contributed by atoms with Crippen LogP contribution in [-0.4, -0.2) is 37.4 Å². The smallest absolute Gasteiger partial charge is 0.333 e. The molecular formula is C17H18O6. The van der Waals surface area contributed by atoms with Crippen LogP contribution < -0.4 is 0 Å². The first kappa shape index (κ1) is 15.7. The van der Waals surface area contributed by atoms with Gasteiger partial charge in [0, 0.05) is 24.5 Å². The highest BCUT2D eigenvalue weighted by atomic mass is 16.7. The van der Waals surface area contributed by atoms with E-state index in [0.29, 0.717) is 5.57 Å². The first-order chi connectivity index (χ1) is 11.1. The Bertz CT molecular complexity index is 623. The minimum Gasteiger partial charge on any atom is -0.466 e. The standard InChI is InChI=1S/C17H18O6/c1-10(18)21-13-8-12(16(19)20-2)9-14-15(13)23-17(22-14)11-6-4-3-5-7-11/h3-7,9,13-15,17H,8H2,1-2H3/t13-,14-,15+,17-/m1/s1. The third-order valence-electron chi connectivity index (χ3n) is 3.87. The molecule has 0 radical (unpaired) electrons. The van der Waals surface area contributed by atoms with Crippen LogP contribution in [0.3, 0.4) is 0 Å². The van der Waals surface area contributed by atoms with E-state index in [2.05, 4.69) is 0 Å². The van der Waals surface area contributed by atoms with Gasteiger partial charge in [-0.05, 0) is 6.08 Å². The molecule has 1 aliphatic heterocycles. The fourth-order valence-electron chi connectivity index (χ4n) is 2.88. The molecule has 0 saturated carbocycles. The average Bonchev–Trinajstić information content (AvgIpc) is 2.99. The van der Waals surface area contributed by atoms with Crippen LogP contribution in [0.1, 0.15) is 25.2 Å². The van der Waals surface area contributed by atoms with E-state index in [0.717, 1.165) is 5.56 Å². The Morgan fingerprint density at radius 2 is 1.91 bits per heavy atom. The molecule has 4 atom stereocenters. The molecule has 0 N–H and O–H groups in total. The van der Waals surface area contributed by atoms with E-state index < -0.39 is 36.5 Å². The molecule has 3 rings (SSSR count). The fraction of sp³-hybridized carbons (Fsp3) is 0.412. The highest BCUT2D eigenvalue weighted by Gasteiger charge is 2.46. The normalized spacial score (nSPS) is 29.4. The molecule has 2 aliphatic rings. The second kappa shape index (κ2) is 6.52. The third-order valence-corrected chi connectivity index (χ3v) is 3.87. The quantitative estimate of drug-likeness (QED) is 0.793. The van der Waals surface area contributed by atoms with Gasteiger partial charge >= 0.3 is 11.9 Å². The lowest BCUT2D eigenvalue weighted by Gasteiger charge is -2.29. The molecule has 0 aromatic heterocycles. The first-order valence-electron chi connectivity index (χ1n) is 7.40.